The summed E-state index contributed by atoms with van der Waals surface area (Å²) in [5.74, 6) is 0. The molecule has 0 saturated carbocycles. The molecule has 0 bridgehead atoms. The number of nitrogens with two attached hydrogens (primary N) is 1. The van der Waals surface area contributed by atoms with E-state index in [1.165, 1.54) is 11.3 Å². The van der Waals surface area contributed by atoms with Crippen LogP contribution in [0.1, 0.15) is 25.1 Å². The summed E-state index contributed by atoms with van der Waals surface area (Å²) in [6.07, 6.45) is 2.12. The van der Waals surface area contributed by atoms with Gasteiger partial charge >= 0.3 is 0 Å². The van der Waals surface area contributed by atoms with Crippen LogP contribution in [-0.2, 0) is 6.54 Å². The van der Waals surface area contributed by atoms with Crippen LogP contribution in [0, 0.1) is 6.92 Å². The van der Waals surface area contributed by atoms with Crippen molar-refractivity contribution in [2.24, 2.45) is 0 Å². The Morgan fingerprint density at radius 2 is 1.91 bits per heavy atom. The lowest BCUT2D eigenvalue weighted by Crippen LogP contribution is -2.23. The quantitative estimate of drug-likeness (QED) is 0.731. The molecule has 0 aliphatic heterocycles. The molecule has 3 aromatic rings. The fraction of sp³-hybridized carbons (Fsp3) is 0.316. The van der Waals surface area contributed by atoms with Crippen LogP contribution in [0.4, 0.5) is 5.69 Å². The normalized spacial score (nSPS) is 11.5. The smallest absolute Gasteiger partial charge is 0.137 e. The first-order valence-electron chi connectivity index (χ1n) is 8.18. The molecule has 2 N–H and O–H groups in total. The van der Waals surface area contributed by atoms with Gasteiger partial charge in [0.05, 0.1) is 11.4 Å². The van der Waals surface area contributed by atoms with Crippen molar-refractivity contribution in [3.05, 3.63) is 53.9 Å². The molecule has 4 heteroatoms. The number of nitrogens with zero attached hydrogens (tertiary/aromatic N) is 3. The van der Waals surface area contributed by atoms with E-state index in [9.17, 15) is 0 Å². The molecule has 0 aliphatic rings. The molecule has 0 saturated heterocycles. The maximum absolute atomic E-state index is 5.97. The zero-order chi connectivity index (χ0) is 16.4. The van der Waals surface area contributed by atoms with Crippen molar-refractivity contribution >= 4 is 11.3 Å². The second-order valence-corrected chi connectivity index (χ2v) is 5.93. The number of imidazole rings is 1. The summed E-state index contributed by atoms with van der Waals surface area (Å²) in [6, 6.07) is 12.2. The van der Waals surface area contributed by atoms with Gasteiger partial charge in [-0.15, -0.1) is 0 Å². The predicted octanol–water partition coefficient (Wildman–Crippen LogP) is 3.73. The summed E-state index contributed by atoms with van der Waals surface area (Å²) in [6.45, 7) is 9.40. The highest BCUT2D eigenvalue weighted by atomic mass is 15.1. The Hall–Kier alpha value is -2.33. The van der Waals surface area contributed by atoms with Crippen molar-refractivity contribution < 1.29 is 0 Å². The van der Waals surface area contributed by atoms with E-state index in [4.69, 9.17) is 10.7 Å². The molecule has 2 aromatic heterocycles. The molecular weight excluding hydrogens is 284 g/mol. The van der Waals surface area contributed by atoms with Gasteiger partial charge in [0.25, 0.3) is 0 Å². The number of fused-ring (bicyclic) bond motifs is 1. The van der Waals surface area contributed by atoms with E-state index in [2.05, 4.69) is 54.5 Å². The third-order valence-corrected chi connectivity index (χ3v) is 4.31. The summed E-state index contributed by atoms with van der Waals surface area (Å²) in [5.41, 5.74) is 12.3. The van der Waals surface area contributed by atoms with Gasteiger partial charge in [0.2, 0.25) is 0 Å². The van der Waals surface area contributed by atoms with Crippen LogP contribution in [-0.4, -0.2) is 27.4 Å². The Morgan fingerprint density at radius 3 is 2.61 bits per heavy atom. The standard InChI is InChI=1S/C19H24N4/c1-4-22(5-2)13-17-19(15-7-6-8-16(20)12-15)21-18-11-14(3)9-10-23(17)18/h6-12H,4-5,13,20H2,1-3H3. The minimum atomic E-state index is 0.768. The van der Waals surface area contributed by atoms with Gasteiger partial charge in [-0.05, 0) is 49.8 Å². The average Bonchev–Trinajstić information content (AvgIpc) is 2.90. The van der Waals surface area contributed by atoms with Crippen LogP contribution < -0.4 is 5.73 Å². The Labute approximate surface area is 137 Å². The van der Waals surface area contributed by atoms with Gasteiger partial charge in [0.15, 0.2) is 0 Å². The van der Waals surface area contributed by atoms with Crippen LogP contribution in [0.5, 0.6) is 0 Å². The van der Waals surface area contributed by atoms with Crippen LogP contribution in [0.3, 0.4) is 0 Å². The molecule has 0 aliphatic carbocycles. The van der Waals surface area contributed by atoms with Gasteiger partial charge in [0, 0.05) is 24.0 Å². The Morgan fingerprint density at radius 1 is 1.13 bits per heavy atom. The zero-order valence-electron chi connectivity index (χ0n) is 14.1. The van der Waals surface area contributed by atoms with Gasteiger partial charge in [-0.3, -0.25) is 4.90 Å². The summed E-state index contributed by atoms with van der Waals surface area (Å²) in [4.78, 5) is 7.29. The first-order chi connectivity index (χ1) is 11.1. The third kappa shape index (κ3) is 3.08. The number of benzene rings is 1. The summed E-state index contributed by atoms with van der Waals surface area (Å²) >= 11 is 0. The van der Waals surface area contributed by atoms with Crippen molar-refractivity contribution in [1.82, 2.24) is 14.3 Å². The number of hydrogen-bond acceptors (Lipinski definition) is 3. The first kappa shape index (κ1) is 15.6. The minimum absolute atomic E-state index is 0.768. The van der Waals surface area contributed by atoms with Gasteiger partial charge in [-0.2, -0.15) is 0 Å². The van der Waals surface area contributed by atoms with E-state index in [1.54, 1.807) is 0 Å². The molecule has 23 heavy (non-hydrogen) atoms. The number of aromatic nitrogens is 2. The van der Waals surface area contributed by atoms with Crippen molar-refractivity contribution in [3.63, 3.8) is 0 Å². The number of anilines is 1. The Balaban J connectivity index is 2.18. The lowest BCUT2D eigenvalue weighted by atomic mass is 10.1. The molecule has 2 heterocycles. The van der Waals surface area contributed by atoms with Crippen LogP contribution in [0.25, 0.3) is 16.9 Å². The summed E-state index contributed by atoms with van der Waals surface area (Å²) in [5, 5.41) is 0. The molecule has 0 unspecified atom stereocenters. The number of rotatable bonds is 5. The van der Waals surface area contributed by atoms with Gasteiger partial charge in [-0.25, -0.2) is 4.98 Å². The van der Waals surface area contributed by atoms with Gasteiger partial charge < -0.3 is 10.1 Å². The molecule has 0 radical (unpaired) electrons. The third-order valence-electron chi connectivity index (χ3n) is 4.31. The second-order valence-electron chi connectivity index (χ2n) is 5.93. The Bertz CT molecular complexity index is 815. The zero-order valence-corrected chi connectivity index (χ0v) is 14.1. The predicted molar refractivity (Wildman–Crippen MR) is 96.4 cm³/mol. The summed E-state index contributed by atoms with van der Waals surface area (Å²) in [7, 11) is 0. The van der Waals surface area contributed by atoms with Gasteiger partial charge in [-0.1, -0.05) is 26.0 Å². The fourth-order valence-corrected chi connectivity index (χ4v) is 2.92. The highest BCUT2D eigenvalue weighted by molar-refractivity contribution is 5.69. The first-order valence-corrected chi connectivity index (χ1v) is 8.18. The average molecular weight is 308 g/mol. The molecule has 0 amide bonds. The highest BCUT2D eigenvalue weighted by Crippen LogP contribution is 2.27. The van der Waals surface area contributed by atoms with E-state index in [0.29, 0.717) is 0 Å². The van der Waals surface area contributed by atoms with Crippen LogP contribution in [0.15, 0.2) is 42.6 Å². The van der Waals surface area contributed by atoms with E-state index >= 15 is 0 Å². The fourth-order valence-electron chi connectivity index (χ4n) is 2.92. The van der Waals surface area contributed by atoms with E-state index < -0.39 is 0 Å². The topological polar surface area (TPSA) is 46.6 Å². The van der Waals surface area contributed by atoms with E-state index in [1.807, 2.05) is 18.2 Å². The largest absolute Gasteiger partial charge is 0.399 e. The number of nitrogen functional groups attached to an aromatic ring is 1. The van der Waals surface area contributed by atoms with E-state index in [0.717, 1.165) is 42.2 Å². The lowest BCUT2D eigenvalue weighted by Gasteiger charge is -2.18. The molecule has 1 aromatic carbocycles. The number of pyridine rings is 1. The molecular formula is C19H24N4. The highest BCUT2D eigenvalue weighted by Gasteiger charge is 2.16. The van der Waals surface area contributed by atoms with Crippen molar-refractivity contribution in [2.75, 3.05) is 18.8 Å². The Kier molecular flexibility index (Phi) is 4.35. The monoisotopic (exact) mass is 308 g/mol. The van der Waals surface area contributed by atoms with Crippen molar-refractivity contribution in [3.8, 4) is 11.3 Å². The molecule has 120 valence electrons. The molecule has 3 rings (SSSR count). The lowest BCUT2D eigenvalue weighted by molar-refractivity contribution is 0.292. The molecule has 0 spiro atoms. The molecule has 0 fully saturated rings. The maximum atomic E-state index is 5.97. The SMILES string of the molecule is CCN(CC)Cc1c(-c2cccc(N)c2)nc2cc(C)ccn12. The second kappa shape index (κ2) is 6.42. The van der Waals surface area contributed by atoms with Crippen molar-refractivity contribution in [2.45, 2.75) is 27.3 Å². The number of hydrogen-bond donors (Lipinski definition) is 1. The van der Waals surface area contributed by atoms with Gasteiger partial charge in [0.1, 0.15) is 5.65 Å². The maximum Gasteiger partial charge on any atom is 0.137 e. The molecule has 0 atom stereocenters. The van der Waals surface area contributed by atoms with E-state index in [-0.39, 0.29) is 0 Å². The summed E-state index contributed by atoms with van der Waals surface area (Å²) < 4.78 is 2.20. The van der Waals surface area contributed by atoms with Crippen LogP contribution >= 0.6 is 0 Å². The van der Waals surface area contributed by atoms with Crippen molar-refractivity contribution in [1.29, 1.82) is 0 Å². The van der Waals surface area contributed by atoms with Crippen LogP contribution in [0.2, 0.25) is 0 Å². The molecule has 4 nitrogen and oxygen atoms in total. The number of aryl methyl sites for hydroxylation is 1. The minimum Gasteiger partial charge on any atom is -0.399 e.